The van der Waals surface area contributed by atoms with Crippen molar-refractivity contribution in [3.05, 3.63) is 102 Å². The van der Waals surface area contributed by atoms with Gasteiger partial charge in [-0.15, -0.1) is 10.2 Å². The van der Waals surface area contributed by atoms with Gasteiger partial charge in [0, 0.05) is 0 Å². The Balaban J connectivity index is 1.47. The highest BCUT2D eigenvalue weighted by Gasteiger charge is 2.32. The van der Waals surface area contributed by atoms with Gasteiger partial charge in [0.25, 0.3) is 0 Å². The molecule has 1 unspecified atom stereocenters. The van der Waals surface area contributed by atoms with Crippen LogP contribution in [0.15, 0.2) is 84.9 Å². The summed E-state index contributed by atoms with van der Waals surface area (Å²) in [7, 11) is -4.43. The van der Waals surface area contributed by atoms with E-state index in [-0.39, 0.29) is 6.42 Å². The molecule has 1 heterocycles. The summed E-state index contributed by atoms with van der Waals surface area (Å²) in [6.07, 6.45) is 1.42. The van der Waals surface area contributed by atoms with Crippen molar-refractivity contribution in [3.8, 4) is 11.1 Å². The lowest BCUT2D eigenvalue weighted by molar-refractivity contribution is 0.330. The molecule has 0 bridgehead atoms. The molecule has 4 aromatic rings. The van der Waals surface area contributed by atoms with E-state index in [9.17, 15) is 14.4 Å². The van der Waals surface area contributed by atoms with E-state index in [0.29, 0.717) is 18.7 Å². The van der Waals surface area contributed by atoms with Crippen LogP contribution in [0.5, 0.6) is 0 Å². The molecule has 0 radical (unpaired) electrons. The predicted octanol–water partition coefficient (Wildman–Crippen LogP) is 3.88. The smallest absolute Gasteiger partial charge is 0.323 e. The van der Waals surface area contributed by atoms with Crippen LogP contribution in [-0.4, -0.2) is 36.2 Å². The van der Waals surface area contributed by atoms with Crippen molar-refractivity contribution >= 4 is 7.60 Å². The number of hydrogen-bond donors (Lipinski definition) is 4. The van der Waals surface area contributed by atoms with E-state index < -0.39 is 19.4 Å². The number of nitrogens with zero attached hydrogens (tertiary/aromatic N) is 3. The molecule has 0 aliphatic rings. The summed E-state index contributed by atoms with van der Waals surface area (Å²) in [6.45, 7) is 0. The first-order valence-corrected chi connectivity index (χ1v) is 12.4. The van der Waals surface area contributed by atoms with E-state index in [0.717, 1.165) is 22.3 Å². The van der Waals surface area contributed by atoms with Crippen LogP contribution in [0.25, 0.3) is 11.1 Å². The molecule has 9 heteroatoms. The molecule has 3 aromatic carbocycles. The first-order valence-electron chi connectivity index (χ1n) is 10.7. The fraction of sp³-hybridized carbons (Fsp3) is 0.208. The first-order chi connectivity index (χ1) is 16.0. The summed E-state index contributed by atoms with van der Waals surface area (Å²) in [4.78, 5) is 20.0. The van der Waals surface area contributed by atoms with Gasteiger partial charge in [0.1, 0.15) is 5.78 Å². The Kier molecular flexibility index (Phi) is 7.42. The molecule has 1 aromatic heterocycles. The molecule has 33 heavy (non-hydrogen) atoms. The summed E-state index contributed by atoms with van der Waals surface area (Å²) in [5, 5.41) is 17.3. The average Bonchev–Trinajstić information content (AvgIpc) is 3.37. The zero-order chi connectivity index (χ0) is 23.1. The fourth-order valence-electron chi connectivity index (χ4n) is 3.75. The van der Waals surface area contributed by atoms with Gasteiger partial charge in [0.15, 0.2) is 5.82 Å². The minimum absolute atomic E-state index is 0.186. The second kappa shape index (κ2) is 10.6. The lowest BCUT2D eigenvalue weighted by Gasteiger charge is -2.25. The molecular formula is C24H26N5O3P. The number of aromatic amines is 1. The molecule has 0 amide bonds. The maximum Gasteiger partial charge on any atom is 0.342 e. The second-order valence-corrected chi connectivity index (χ2v) is 9.69. The number of tetrazole rings is 1. The Morgan fingerprint density at radius 3 is 2.09 bits per heavy atom. The number of aromatic nitrogens is 4. The third-order valence-corrected chi connectivity index (χ3v) is 6.67. The third kappa shape index (κ3) is 6.43. The Bertz CT molecular complexity index is 1170. The molecule has 2 atom stereocenters. The molecular weight excluding hydrogens is 437 g/mol. The van der Waals surface area contributed by atoms with Gasteiger partial charge in [-0.25, -0.2) is 0 Å². The summed E-state index contributed by atoms with van der Waals surface area (Å²) in [5.41, 5.74) is 4.24. The molecule has 170 valence electrons. The van der Waals surface area contributed by atoms with Gasteiger partial charge in [0.2, 0.25) is 0 Å². The standard InChI is InChI=1S/C24H26N5O3P/c30-33(31,32)23(17-19-7-3-1-4-8-19)25-22(24-26-28-29-27-24)16-13-18-11-14-21(15-12-18)20-9-5-2-6-10-20/h1-12,14-15,22-23,25H,13,16-17H2,(H2,30,31,32)(H,26,27,28,29)/t22-,23?/m0/s1. The molecule has 0 spiro atoms. The number of benzene rings is 3. The van der Waals surface area contributed by atoms with Crippen LogP contribution in [-0.2, 0) is 17.4 Å². The van der Waals surface area contributed by atoms with E-state index >= 15 is 0 Å². The van der Waals surface area contributed by atoms with E-state index in [1.54, 1.807) is 0 Å². The highest BCUT2D eigenvalue weighted by atomic mass is 31.2. The molecule has 0 aliphatic heterocycles. The topological polar surface area (TPSA) is 124 Å². The molecule has 0 fully saturated rings. The lowest BCUT2D eigenvalue weighted by atomic mass is 10.0. The van der Waals surface area contributed by atoms with Crippen molar-refractivity contribution in [2.75, 3.05) is 0 Å². The first kappa shape index (κ1) is 23.0. The van der Waals surface area contributed by atoms with Crippen molar-refractivity contribution in [2.24, 2.45) is 0 Å². The van der Waals surface area contributed by atoms with Crippen LogP contribution in [0.1, 0.15) is 29.4 Å². The number of aryl methyl sites for hydroxylation is 1. The van der Waals surface area contributed by atoms with Crippen molar-refractivity contribution in [2.45, 2.75) is 31.1 Å². The fourth-order valence-corrected chi connectivity index (χ4v) is 4.58. The van der Waals surface area contributed by atoms with Crippen LogP contribution in [0.3, 0.4) is 0 Å². The molecule has 0 saturated heterocycles. The van der Waals surface area contributed by atoms with Gasteiger partial charge in [-0.3, -0.25) is 9.88 Å². The van der Waals surface area contributed by atoms with Gasteiger partial charge < -0.3 is 9.79 Å². The lowest BCUT2D eigenvalue weighted by Crippen LogP contribution is -2.35. The number of nitrogens with one attached hydrogen (secondary N) is 2. The molecule has 0 aliphatic carbocycles. The van der Waals surface area contributed by atoms with Gasteiger partial charge in [-0.1, -0.05) is 90.1 Å². The monoisotopic (exact) mass is 463 g/mol. The van der Waals surface area contributed by atoms with Gasteiger partial charge in [-0.2, -0.15) is 5.21 Å². The van der Waals surface area contributed by atoms with Crippen molar-refractivity contribution < 1.29 is 14.4 Å². The van der Waals surface area contributed by atoms with Crippen molar-refractivity contribution in [1.82, 2.24) is 25.9 Å². The number of H-pyrrole nitrogens is 1. The van der Waals surface area contributed by atoms with Gasteiger partial charge >= 0.3 is 7.60 Å². The minimum atomic E-state index is -4.43. The van der Waals surface area contributed by atoms with Crippen LogP contribution in [0.4, 0.5) is 0 Å². The number of hydrogen-bond acceptors (Lipinski definition) is 5. The summed E-state index contributed by atoms with van der Waals surface area (Å²) < 4.78 is 12.3. The van der Waals surface area contributed by atoms with E-state index in [1.165, 1.54) is 0 Å². The molecule has 8 nitrogen and oxygen atoms in total. The molecule has 0 saturated carbocycles. The van der Waals surface area contributed by atoms with Crippen molar-refractivity contribution in [3.63, 3.8) is 0 Å². The van der Waals surface area contributed by atoms with Gasteiger partial charge in [0.05, 0.1) is 6.04 Å². The highest BCUT2D eigenvalue weighted by Crippen LogP contribution is 2.42. The maximum atomic E-state index is 12.3. The normalized spacial score (nSPS) is 13.5. The number of rotatable bonds is 10. The zero-order valence-corrected chi connectivity index (χ0v) is 18.8. The summed E-state index contributed by atoms with van der Waals surface area (Å²) in [6, 6.07) is 27.2. The summed E-state index contributed by atoms with van der Waals surface area (Å²) in [5.74, 6) is -0.689. The second-order valence-electron chi connectivity index (χ2n) is 7.89. The summed E-state index contributed by atoms with van der Waals surface area (Å²) >= 11 is 0. The Labute approximate surface area is 192 Å². The Morgan fingerprint density at radius 2 is 1.48 bits per heavy atom. The SMILES string of the molecule is O=P(O)(O)C(Cc1ccccc1)N[C@@H](CCc1ccc(-c2ccccc2)cc1)c1nn[nH]n1. The highest BCUT2D eigenvalue weighted by molar-refractivity contribution is 7.52. The third-order valence-electron chi connectivity index (χ3n) is 5.53. The van der Waals surface area contributed by atoms with Crippen molar-refractivity contribution in [1.29, 1.82) is 0 Å². The van der Waals surface area contributed by atoms with Crippen LogP contribution in [0, 0.1) is 0 Å². The van der Waals surface area contributed by atoms with Crippen LogP contribution >= 0.6 is 7.60 Å². The minimum Gasteiger partial charge on any atom is -0.323 e. The molecule has 4 N–H and O–H groups in total. The van der Waals surface area contributed by atoms with Gasteiger partial charge in [-0.05, 0) is 41.5 Å². The Hall–Kier alpha value is -3.16. The van der Waals surface area contributed by atoms with Crippen LogP contribution < -0.4 is 5.32 Å². The zero-order valence-electron chi connectivity index (χ0n) is 18.0. The van der Waals surface area contributed by atoms with Crippen LogP contribution in [0.2, 0.25) is 0 Å². The Morgan fingerprint density at radius 1 is 0.848 bits per heavy atom. The van der Waals surface area contributed by atoms with E-state index in [2.05, 4.69) is 62.3 Å². The van der Waals surface area contributed by atoms with E-state index in [4.69, 9.17) is 0 Å². The maximum absolute atomic E-state index is 12.3. The average molecular weight is 463 g/mol. The quantitative estimate of drug-likeness (QED) is 0.263. The molecule has 4 rings (SSSR count). The predicted molar refractivity (Wildman–Crippen MR) is 126 cm³/mol. The largest absolute Gasteiger partial charge is 0.342 e. The van der Waals surface area contributed by atoms with E-state index in [1.807, 2.05) is 48.5 Å².